The van der Waals surface area contributed by atoms with Crippen molar-refractivity contribution >= 4 is 31.6 Å². The van der Waals surface area contributed by atoms with E-state index < -0.39 is 31.9 Å². The first kappa shape index (κ1) is 18.6. The Labute approximate surface area is 152 Å². The van der Waals surface area contributed by atoms with Gasteiger partial charge in [0.05, 0.1) is 22.3 Å². The molecule has 0 radical (unpaired) electrons. The summed E-state index contributed by atoms with van der Waals surface area (Å²) in [5, 5.41) is 0. The van der Waals surface area contributed by atoms with Crippen molar-refractivity contribution in [1.29, 1.82) is 0 Å². The zero-order chi connectivity index (χ0) is 18.9. The van der Waals surface area contributed by atoms with Gasteiger partial charge < -0.3 is 0 Å². The molecular weight excluding hydrogens is 376 g/mol. The molecule has 2 aromatic rings. The van der Waals surface area contributed by atoms with E-state index in [0.29, 0.717) is 0 Å². The van der Waals surface area contributed by atoms with Crippen LogP contribution in [0.1, 0.15) is 12.5 Å². The molecule has 1 heterocycles. The minimum Gasteiger partial charge on any atom is -0.273 e. The first-order valence-corrected chi connectivity index (χ1v) is 11.0. The largest absolute Gasteiger partial charge is 0.273 e. The SMILES string of the molecule is C[C@@H]1CS(=O)(=O)N(c2ccc(S(=O)(=O)NCc3ccccc3)cc2)C1=O. The molecule has 1 amide bonds. The lowest BCUT2D eigenvalue weighted by molar-refractivity contribution is -0.119. The molecule has 1 fully saturated rings. The highest BCUT2D eigenvalue weighted by atomic mass is 32.2. The van der Waals surface area contributed by atoms with Crippen LogP contribution in [-0.2, 0) is 31.4 Å². The van der Waals surface area contributed by atoms with Gasteiger partial charge in [0.1, 0.15) is 0 Å². The molecule has 3 rings (SSSR count). The van der Waals surface area contributed by atoms with E-state index in [1.807, 2.05) is 18.2 Å². The predicted octanol–water partition coefficient (Wildman–Crippen LogP) is 1.48. The number of anilines is 1. The average molecular weight is 394 g/mol. The highest BCUT2D eigenvalue weighted by Gasteiger charge is 2.41. The predicted molar refractivity (Wildman–Crippen MR) is 97.3 cm³/mol. The number of benzene rings is 2. The van der Waals surface area contributed by atoms with Crippen LogP contribution in [0.5, 0.6) is 0 Å². The molecule has 2 aromatic carbocycles. The van der Waals surface area contributed by atoms with E-state index >= 15 is 0 Å². The summed E-state index contributed by atoms with van der Waals surface area (Å²) in [6, 6.07) is 14.3. The summed E-state index contributed by atoms with van der Waals surface area (Å²) in [7, 11) is -7.47. The van der Waals surface area contributed by atoms with E-state index in [4.69, 9.17) is 0 Å². The van der Waals surface area contributed by atoms with Crippen LogP contribution in [0.2, 0.25) is 0 Å². The topological polar surface area (TPSA) is 101 Å². The molecular formula is C17H18N2O5S2. The van der Waals surface area contributed by atoms with Crippen molar-refractivity contribution in [1.82, 2.24) is 4.72 Å². The highest BCUT2D eigenvalue weighted by molar-refractivity contribution is 7.94. The molecule has 7 nitrogen and oxygen atoms in total. The molecule has 1 N–H and O–H groups in total. The maximum atomic E-state index is 12.4. The van der Waals surface area contributed by atoms with Gasteiger partial charge in [-0.05, 0) is 29.8 Å². The molecule has 0 spiro atoms. The van der Waals surface area contributed by atoms with Crippen molar-refractivity contribution in [3.8, 4) is 0 Å². The standard InChI is InChI=1S/C17H18N2O5S2/c1-13-12-25(21,22)19(17(13)20)15-7-9-16(10-8-15)26(23,24)18-11-14-5-3-2-4-6-14/h2-10,13,18H,11-12H2,1H3/t13-/m1/s1. The maximum absolute atomic E-state index is 12.4. The number of carbonyl (C=O) groups excluding carboxylic acids is 1. The zero-order valence-corrected chi connectivity index (χ0v) is 15.6. The lowest BCUT2D eigenvalue weighted by Gasteiger charge is -2.15. The number of rotatable bonds is 5. The maximum Gasteiger partial charge on any atom is 0.244 e. The molecule has 0 aliphatic carbocycles. The molecule has 26 heavy (non-hydrogen) atoms. The summed E-state index contributed by atoms with van der Waals surface area (Å²) >= 11 is 0. The van der Waals surface area contributed by atoms with Crippen LogP contribution in [0, 0.1) is 5.92 Å². The molecule has 0 unspecified atom stereocenters. The summed E-state index contributed by atoms with van der Waals surface area (Å²) in [6.07, 6.45) is 0. The van der Waals surface area contributed by atoms with Gasteiger partial charge in [0.15, 0.2) is 0 Å². The van der Waals surface area contributed by atoms with Crippen LogP contribution in [-0.4, -0.2) is 28.5 Å². The molecule has 9 heteroatoms. The van der Waals surface area contributed by atoms with Crippen molar-refractivity contribution in [3.05, 3.63) is 60.2 Å². The Bertz CT molecular complexity index is 1020. The first-order chi connectivity index (χ1) is 12.2. The quantitative estimate of drug-likeness (QED) is 0.828. The van der Waals surface area contributed by atoms with Gasteiger partial charge in [0.2, 0.25) is 26.0 Å². The summed E-state index contributed by atoms with van der Waals surface area (Å²) < 4.78 is 52.2. The lowest BCUT2D eigenvalue weighted by Crippen LogP contribution is -2.30. The van der Waals surface area contributed by atoms with Crippen molar-refractivity contribution in [2.45, 2.75) is 18.4 Å². The van der Waals surface area contributed by atoms with Gasteiger partial charge in [-0.2, -0.15) is 0 Å². The number of nitrogens with one attached hydrogen (secondary N) is 1. The number of sulfonamides is 2. The Balaban J connectivity index is 1.80. The van der Waals surface area contributed by atoms with Gasteiger partial charge >= 0.3 is 0 Å². The third kappa shape index (κ3) is 3.64. The smallest absolute Gasteiger partial charge is 0.244 e. The average Bonchev–Trinajstić information content (AvgIpc) is 2.81. The minimum absolute atomic E-state index is 0.00530. The van der Waals surface area contributed by atoms with E-state index in [2.05, 4.69) is 4.72 Å². The Morgan fingerprint density at radius 3 is 2.23 bits per heavy atom. The number of nitrogens with zero attached hydrogens (tertiary/aromatic N) is 1. The van der Waals surface area contributed by atoms with Gasteiger partial charge in [-0.25, -0.2) is 25.9 Å². The molecule has 1 aliphatic rings. The number of hydrogen-bond donors (Lipinski definition) is 1. The Morgan fingerprint density at radius 2 is 1.69 bits per heavy atom. The van der Waals surface area contributed by atoms with Crippen molar-refractivity contribution < 1.29 is 21.6 Å². The Kier molecular flexibility index (Phi) is 4.87. The van der Waals surface area contributed by atoms with E-state index in [9.17, 15) is 21.6 Å². The summed E-state index contributed by atoms with van der Waals surface area (Å²) in [5.74, 6) is -1.37. The van der Waals surface area contributed by atoms with Gasteiger partial charge in [-0.15, -0.1) is 0 Å². The number of hydrogen-bond acceptors (Lipinski definition) is 5. The van der Waals surface area contributed by atoms with E-state index in [1.165, 1.54) is 24.3 Å². The first-order valence-electron chi connectivity index (χ1n) is 7.91. The second-order valence-corrected chi connectivity index (χ2v) is 9.72. The fourth-order valence-electron chi connectivity index (χ4n) is 2.71. The normalized spacial score (nSPS) is 19.7. The van der Waals surface area contributed by atoms with E-state index in [1.54, 1.807) is 19.1 Å². The van der Waals surface area contributed by atoms with Crippen LogP contribution in [0.15, 0.2) is 59.5 Å². The molecule has 1 atom stereocenters. The molecule has 1 saturated heterocycles. The van der Waals surface area contributed by atoms with E-state index in [-0.39, 0.29) is 22.9 Å². The highest BCUT2D eigenvalue weighted by Crippen LogP contribution is 2.28. The minimum atomic E-state index is -3.75. The molecule has 0 aromatic heterocycles. The summed E-state index contributed by atoms with van der Waals surface area (Å²) in [6.45, 7) is 1.69. The summed E-state index contributed by atoms with van der Waals surface area (Å²) in [4.78, 5) is 12.1. The van der Waals surface area contributed by atoms with Gasteiger partial charge in [-0.1, -0.05) is 37.3 Å². The molecule has 0 saturated carbocycles. The van der Waals surface area contributed by atoms with E-state index in [0.717, 1.165) is 9.87 Å². The monoisotopic (exact) mass is 394 g/mol. The fraction of sp³-hybridized carbons (Fsp3) is 0.235. The van der Waals surface area contributed by atoms with Gasteiger partial charge in [0.25, 0.3) is 0 Å². The van der Waals surface area contributed by atoms with Gasteiger partial charge in [-0.3, -0.25) is 4.79 Å². The van der Waals surface area contributed by atoms with Crippen molar-refractivity contribution in [3.63, 3.8) is 0 Å². The Morgan fingerprint density at radius 1 is 1.08 bits per heavy atom. The third-order valence-electron chi connectivity index (χ3n) is 4.05. The fourth-order valence-corrected chi connectivity index (χ4v) is 5.54. The van der Waals surface area contributed by atoms with Gasteiger partial charge in [0, 0.05) is 6.54 Å². The lowest BCUT2D eigenvalue weighted by atomic mass is 10.2. The zero-order valence-electron chi connectivity index (χ0n) is 14.0. The van der Waals surface area contributed by atoms with Crippen LogP contribution in [0.25, 0.3) is 0 Å². The number of amides is 1. The second kappa shape index (κ2) is 6.82. The van der Waals surface area contributed by atoms with Crippen LogP contribution >= 0.6 is 0 Å². The van der Waals surface area contributed by atoms with Crippen LogP contribution in [0.4, 0.5) is 5.69 Å². The molecule has 1 aliphatic heterocycles. The Hall–Kier alpha value is -2.23. The summed E-state index contributed by atoms with van der Waals surface area (Å²) in [5.41, 5.74) is 0.955. The van der Waals surface area contributed by atoms with Crippen LogP contribution in [0.3, 0.4) is 0 Å². The van der Waals surface area contributed by atoms with Crippen LogP contribution < -0.4 is 9.03 Å². The number of carbonyl (C=O) groups is 1. The molecule has 0 bridgehead atoms. The second-order valence-electron chi connectivity index (χ2n) is 6.09. The molecule has 138 valence electrons. The van der Waals surface area contributed by atoms with Crippen molar-refractivity contribution in [2.75, 3.05) is 10.1 Å². The third-order valence-corrected chi connectivity index (χ3v) is 7.34. The van der Waals surface area contributed by atoms with Crippen molar-refractivity contribution in [2.24, 2.45) is 5.92 Å².